The largest absolute Gasteiger partial charge is 0.669 e. The quantitative estimate of drug-likeness (QED) is 0.382. The van der Waals surface area contributed by atoms with Gasteiger partial charge >= 0.3 is 12.7 Å². The number of carboxylic acids is 1. The van der Waals surface area contributed by atoms with E-state index in [0.29, 0.717) is 38.0 Å². The third-order valence-electron chi connectivity index (χ3n) is 6.59. The molecule has 11 heteroatoms. The molecule has 3 aliphatic heterocycles. The molecule has 0 spiro atoms. The van der Waals surface area contributed by atoms with Crippen LogP contribution in [0.2, 0.25) is 5.82 Å². The molecule has 0 radical (unpaired) electrons. The van der Waals surface area contributed by atoms with Crippen LogP contribution in [0.5, 0.6) is 11.5 Å². The first-order valence-electron chi connectivity index (χ1n) is 9.86. The molecule has 0 unspecified atom stereocenters. The first-order chi connectivity index (χ1) is 13.7. The van der Waals surface area contributed by atoms with Crippen LogP contribution in [-0.4, -0.2) is 76.5 Å². The molecular formula is C18H23BN3O7-. The summed E-state index contributed by atoms with van der Waals surface area (Å²) in [5, 5.41) is 33.0. The smallest absolute Gasteiger partial charge is 0.434 e. The number of nitrogens with one attached hydrogen (secondary N) is 1. The molecule has 6 N–H and O–H groups in total. The van der Waals surface area contributed by atoms with Crippen LogP contribution in [0.3, 0.4) is 0 Å². The number of carbonyl (C=O) groups excluding carboxylic acids is 1. The van der Waals surface area contributed by atoms with Gasteiger partial charge in [-0.05, 0) is 24.0 Å². The second-order valence-electron chi connectivity index (χ2n) is 8.49. The van der Waals surface area contributed by atoms with Gasteiger partial charge in [-0.25, -0.2) is 4.79 Å². The van der Waals surface area contributed by atoms with Crippen molar-refractivity contribution in [2.45, 2.75) is 42.8 Å². The maximum absolute atomic E-state index is 11.9. The molecule has 1 amide bonds. The summed E-state index contributed by atoms with van der Waals surface area (Å²) >= 11 is 0. The summed E-state index contributed by atoms with van der Waals surface area (Å²) < 4.78 is 11.2. The highest BCUT2D eigenvalue weighted by Gasteiger charge is 2.55. The lowest BCUT2D eigenvalue weighted by atomic mass is 9.68. The van der Waals surface area contributed by atoms with Gasteiger partial charge in [0, 0.05) is 25.7 Å². The van der Waals surface area contributed by atoms with E-state index >= 15 is 0 Å². The van der Waals surface area contributed by atoms with Gasteiger partial charge in [-0.1, -0.05) is 18.3 Å². The Bertz CT molecular complexity index is 888. The molecule has 2 saturated heterocycles. The van der Waals surface area contributed by atoms with E-state index in [1.165, 1.54) is 0 Å². The van der Waals surface area contributed by atoms with E-state index in [1.807, 2.05) is 0 Å². The van der Waals surface area contributed by atoms with E-state index in [-0.39, 0.29) is 52.9 Å². The molecular weight excluding hydrogens is 381 g/mol. The number of nitrogens with zero attached hydrogens (tertiary/aromatic N) is 1. The van der Waals surface area contributed by atoms with Crippen LogP contribution in [0.25, 0.3) is 0 Å². The fraction of sp³-hybridized carbons (Fsp3) is 0.556. The molecule has 0 bridgehead atoms. The first kappa shape index (κ1) is 18.7. The normalized spacial score (nSPS) is 32.5. The van der Waals surface area contributed by atoms with Crippen LogP contribution < -0.4 is 20.4 Å². The van der Waals surface area contributed by atoms with Crippen molar-refractivity contribution in [1.29, 1.82) is 0 Å². The number of hydrogen-bond acceptors (Lipinski definition) is 8. The maximum atomic E-state index is 11.9. The molecule has 1 aromatic carbocycles. The number of carbonyl (C=O) groups is 2. The molecule has 3 heterocycles. The van der Waals surface area contributed by atoms with E-state index in [2.05, 4.69) is 10.2 Å². The molecule has 5 rings (SSSR count). The summed E-state index contributed by atoms with van der Waals surface area (Å²) in [6, 6.07) is 3.25. The van der Waals surface area contributed by atoms with Crippen molar-refractivity contribution < 1.29 is 34.1 Å². The minimum absolute atomic E-state index is 0.000720. The summed E-state index contributed by atoms with van der Waals surface area (Å²) in [7, 11) is 0. The zero-order valence-electron chi connectivity index (χ0n) is 15.7. The number of ether oxygens (including phenoxy) is 1. The highest BCUT2D eigenvalue weighted by atomic mass is 16.6. The number of primary amides is 1. The number of aromatic carboxylic acids is 1. The van der Waals surface area contributed by atoms with Gasteiger partial charge < -0.3 is 35.6 Å². The van der Waals surface area contributed by atoms with Crippen LogP contribution in [0, 0.1) is 0 Å². The van der Waals surface area contributed by atoms with Crippen LogP contribution >= 0.6 is 0 Å². The lowest BCUT2D eigenvalue weighted by molar-refractivity contribution is -0.119. The lowest BCUT2D eigenvalue weighted by Gasteiger charge is -2.43. The van der Waals surface area contributed by atoms with Crippen molar-refractivity contribution in [3.8, 4) is 11.5 Å². The minimum Gasteiger partial charge on any atom is -0.669 e. The van der Waals surface area contributed by atoms with Gasteiger partial charge in [0.15, 0.2) is 0 Å². The summed E-state index contributed by atoms with van der Waals surface area (Å²) in [6.45, 7) is -1.18. The third-order valence-corrected chi connectivity index (χ3v) is 6.59. The van der Waals surface area contributed by atoms with Crippen LogP contribution in [0.4, 0.5) is 0 Å². The summed E-state index contributed by atoms with van der Waals surface area (Å²) in [5.41, 5.74) is 5.85. The van der Waals surface area contributed by atoms with Crippen molar-refractivity contribution in [1.82, 2.24) is 10.2 Å². The number of nitrogens with two attached hydrogens (primary N) is 1. The van der Waals surface area contributed by atoms with E-state index in [0.717, 1.165) is 0 Å². The third kappa shape index (κ3) is 3.05. The fourth-order valence-electron chi connectivity index (χ4n) is 4.85. The van der Waals surface area contributed by atoms with E-state index in [9.17, 15) is 24.7 Å². The molecule has 156 valence electrons. The molecule has 3 fully saturated rings. The second-order valence-corrected chi connectivity index (χ2v) is 8.49. The first-order valence-corrected chi connectivity index (χ1v) is 9.86. The lowest BCUT2D eigenvalue weighted by Crippen LogP contribution is -2.58. The van der Waals surface area contributed by atoms with Gasteiger partial charge in [0.2, 0.25) is 5.91 Å². The average Bonchev–Trinajstić information content (AvgIpc) is 3.28. The average molecular weight is 404 g/mol. The zero-order valence-corrected chi connectivity index (χ0v) is 15.7. The monoisotopic (exact) mass is 404 g/mol. The van der Waals surface area contributed by atoms with Crippen molar-refractivity contribution >= 4 is 18.6 Å². The highest BCUT2D eigenvalue weighted by Crippen LogP contribution is 2.63. The number of carboxylic acid groups (broad SMARTS) is 1. The Morgan fingerprint density at radius 3 is 2.69 bits per heavy atom. The number of likely N-dealkylation sites (tertiary alicyclic amines) is 1. The Morgan fingerprint density at radius 1 is 1.28 bits per heavy atom. The molecule has 1 aromatic rings. The van der Waals surface area contributed by atoms with Crippen LogP contribution in [0.1, 0.15) is 34.7 Å². The number of benzene rings is 1. The van der Waals surface area contributed by atoms with E-state index in [1.54, 1.807) is 12.1 Å². The Hall–Kier alpha value is -2.34. The van der Waals surface area contributed by atoms with Gasteiger partial charge in [-0.15, -0.1) is 0 Å². The Labute approximate surface area is 166 Å². The molecule has 10 nitrogen and oxygen atoms in total. The predicted octanol–water partition coefficient (Wildman–Crippen LogP) is -1.16. The standard InChI is InChI=1S/C18H23BN3O7/c20-17(23)13-3-8(5-21-13)22-6-9(7-22)28-14-2-1-10-11-4-12(11)19(26,27)29-16(10)15(14)18(24)25/h1-2,8-9,11-13,21,26-27H,3-7H2,(H2,20,23)(H,24,25)/q-1/t8-,11-,12-,13+/m0/s1. The molecule has 4 aliphatic rings. The van der Waals surface area contributed by atoms with Crippen molar-refractivity contribution in [2.24, 2.45) is 5.73 Å². The molecule has 29 heavy (non-hydrogen) atoms. The predicted molar refractivity (Wildman–Crippen MR) is 101 cm³/mol. The van der Waals surface area contributed by atoms with Gasteiger partial charge in [-0.3, -0.25) is 9.69 Å². The SMILES string of the molecule is NC(=O)[C@H]1C[C@H](N2CC(Oc3ccc4c(c3C(=O)O)O[B-](O)(O)[C@H]3C[C@@H]43)C2)CN1. The van der Waals surface area contributed by atoms with E-state index < -0.39 is 12.7 Å². The topological polar surface area (TPSA) is 155 Å². The molecule has 1 saturated carbocycles. The fourth-order valence-corrected chi connectivity index (χ4v) is 4.85. The number of amides is 1. The molecule has 0 aromatic heterocycles. The summed E-state index contributed by atoms with van der Waals surface area (Å²) in [5.74, 6) is -1.90. The van der Waals surface area contributed by atoms with Crippen LogP contribution in [-0.2, 0) is 4.79 Å². The van der Waals surface area contributed by atoms with Gasteiger partial charge in [0.05, 0.1) is 11.8 Å². The zero-order chi connectivity index (χ0) is 20.5. The Kier molecular flexibility index (Phi) is 4.08. The van der Waals surface area contributed by atoms with Crippen LogP contribution in [0.15, 0.2) is 12.1 Å². The maximum Gasteiger partial charge on any atom is 0.434 e. The van der Waals surface area contributed by atoms with E-state index in [4.69, 9.17) is 15.1 Å². The Balaban J connectivity index is 1.30. The number of rotatable bonds is 5. The van der Waals surface area contributed by atoms with Crippen molar-refractivity contribution in [2.75, 3.05) is 19.6 Å². The highest BCUT2D eigenvalue weighted by molar-refractivity contribution is 6.62. The minimum atomic E-state index is -3.06. The van der Waals surface area contributed by atoms with Gasteiger partial charge in [0.25, 0.3) is 0 Å². The summed E-state index contributed by atoms with van der Waals surface area (Å²) in [6.07, 6.45) is 1.02. The molecule has 1 aliphatic carbocycles. The number of fused-ring (bicyclic) bond motifs is 3. The van der Waals surface area contributed by atoms with Crippen molar-refractivity contribution in [3.63, 3.8) is 0 Å². The molecule has 4 atom stereocenters. The number of hydrogen-bond donors (Lipinski definition) is 5. The van der Waals surface area contributed by atoms with Gasteiger partial charge in [0.1, 0.15) is 17.4 Å². The second kappa shape index (κ2) is 6.33. The van der Waals surface area contributed by atoms with Crippen molar-refractivity contribution in [3.05, 3.63) is 23.3 Å². The summed E-state index contributed by atoms with van der Waals surface area (Å²) in [4.78, 5) is 25.4. The van der Waals surface area contributed by atoms with Gasteiger partial charge in [-0.2, -0.15) is 0 Å². The Morgan fingerprint density at radius 2 is 2.03 bits per heavy atom.